The number of sulfonamides is 1. The Morgan fingerprint density at radius 1 is 1.21 bits per heavy atom. The second-order valence-electron chi connectivity index (χ2n) is 6.55. The minimum atomic E-state index is -3.69. The second kappa shape index (κ2) is 9.04. The highest BCUT2D eigenvalue weighted by atomic mass is 32.2. The average Bonchev–Trinajstić information content (AvgIpc) is 3.10. The molecule has 1 aliphatic rings. The van der Waals surface area contributed by atoms with Crippen LogP contribution >= 0.6 is 11.3 Å². The van der Waals surface area contributed by atoms with E-state index in [2.05, 4.69) is 21.7 Å². The first kappa shape index (κ1) is 20.8. The summed E-state index contributed by atoms with van der Waals surface area (Å²) in [5, 5.41) is 4.57. The molecule has 1 fully saturated rings. The van der Waals surface area contributed by atoms with Crippen LogP contribution in [0.5, 0.6) is 5.75 Å². The van der Waals surface area contributed by atoms with E-state index in [0.29, 0.717) is 25.4 Å². The molecule has 0 spiro atoms. The van der Waals surface area contributed by atoms with E-state index < -0.39 is 10.0 Å². The molecule has 2 heterocycles. The van der Waals surface area contributed by atoms with Crippen molar-refractivity contribution in [2.45, 2.75) is 17.9 Å². The Labute approximate surface area is 170 Å². The molecule has 1 amide bonds. The molecule has 0 bridgehead atoms. The molecular formula is C19H25N3O4S2. The molecule has 9 heteroatoms. The quantitative estimate of drug-likeness (QED) is 0.769. The Kier molecular flexibility index (Phi) is 6.71. The first-order valence-electron chi connectivity index (χ1n) is 9.10. The summed E-state index contributed by atoms with van der Waals surface area (Å²) in [5.74, 6) is -0.0387. The van der Waals surface area contributed by atoms with E-state index in [4.69, 9.17) is 4.74 Å². The monoisotopic (exact) mass is 423 g/mol. The Morgan fingerprint density at radius 3 is 2.71 bits per heavy atom. The summed E-state index contributed by atoms with van der Waals surface area (Å²) < 4.78 is 33.0. The zero-order valence-corrected chi connectivity index (χ0v) is 17.7. The number of nitrogens with zero attached hydrogens (tertiary/aromatic N) is 2. The molecule has 1 aliphatic heterocycles. The molecule has 1 aromatic carbocycles. The number of methoxy groups -OCH3 is 1. The van der Waals surface area contributed by atoms with Gasteiger partial charge in [0, 0.05) is 38.1 Å². The van der Waals surface area contributed by atoms with Gasteiger partial charge in [0.1, 0.15) is 5.75 Å². The third kappa shape index (κ3) is 4.54. The first-order chi connectivity index (χ1) is 13.5. The van der Waals surface area contributed by atoms with Crippen LogP contribution in [0.15, 0.2) is 40.6 Å². The van der Waals surface area contributed by atoms with Crippen molar-refractivity contribution < 1.29 is 17.9 Å². The van der Waals surface area contributed by atoms with Gasteiger partial charge in [0.2, 0.25) is 10.0 Å². The van der Waals surface area contributed by atoms with E-state index in [1.54, 1.807) is 11.3 Å². The maximum absolute atomic E-state index is 13.2. The van der Waals surface area contributed by atoms with Crippen LogP contribution in [-0.2, 0) is 16.6 Å². The number of carbonyl (C=O) groups excluding carboxylic acids is 1. The van der Waals surface area contributed by atoms with Crippen molar-refractivity contribution in [2.24, 2.45) is 0 Å². The van der Waals surface area contributed by atoms with Crippen LogP contribution in [-0.4, -0.2) is 63.9 Å². The van der Waals surface area contributed by atoms with Gasteiger partial charge in [0.05, 0.1) is 17.6 Å². The minimum Gasteiger partial charge on any atom is -0.496 e. The molecule has 28 heavy (non-hydrogen) atoms. The molecule has 1 N–H and O–H groups in total. The van der Waals surface area contributed by atoms with Crippen molar-refractivity contribution in [3.63, 3.8) is 0 Å². The van der Waals surface area contributed by atoms with E-state index in [9.17, 15) is 13.2 Å². The van der Waals surface area contributed by atoms with Gasteiger partial charge in [-0.3, -0.25) is 9.69 Å². The van der Waals surface area contributed by atoms with Crippen molar-refractivity contribution in [2.75, 3.05) is 40.3 Å². The molecule has 1 saturated heterocycles. The minimum absolute atomic E-state index is 0.110. The number of ether oxygens (including phenoxy) is 1. The topological polar surface area (TPSA) is 79.0 Å². The number of benzene rings is 1. The molecule has 0 atom stereocenters. The van der Waals surface area contributed by atoms with Gasteiger partial charge in [-0.25, -0.2) is 8.42 Å². The fraction of sp³-hybridized carbons (Fsp3) is 0.421. The second-order valence-corrected chi connectivity index (χ2v) is 9.52. The number of hydrogen-bond donors (Lipinski definition) is 1. The maximum atomic E-state index is 13.2. The number of amides is 1. The Balaban J connectivity index is 1.78. The van der Waals surface area contributed by atoms with Crippen molar-refractivity contribution in [3.05, 3.63) is 46.2 Å². The van der Waals surface area contributed by atoms with Gasteiger partial charge in [0.25, 0.3) is 5.91 Å². The van der Waals surface area contributed by atoms with Crippen molar-refractivity contribution in [1.29, 1.82) is 0 Å². The van der Waals surface area contributed by atoms with E-state index in [1.165, 1.54) is 41.5 Å². The lowest BCUT2D eigenvalue weighted by Gasteiger charge is -2.22. The third-order valence-corrected chi connectivity index (χ3v) is 7.54. The van der Waals surface area contributed by atoms with E-state index in [1.807, 2.05) is 6.07 Å². The lowest BCUT2D eigenvalue weighted by atomic mass is 10.2. The summed E-state index contributed by atoms with van der Waals surface area (Å²) in [6.45, 7) is 3.26. The van der Waals surface area contributed by atoms with E-state index >= 15 is 0 Å². The van der Waals surface area contributed by atoms with Crippen molar-refractivity contribution in [3.8, 4) is 5.75 Å². The normalized spacial score (nSPS) is 16.5. The van der Waals surface area contributed by atoms with Gasteiger partial charge in [0.15, 0.2) is 0 Å². The lowest BCUT2D eigenvalue weighted by Crippen LogP contribution is -2.35. The van der Waals surface area contributed by atoms with E-state index in [-0.39, 0.29) is 16.4 Å². The molecule has 7 nitrogen and oxygen atoms in total. The molecule has 152 valence electrons. The summed E-state index contributed by atoms with van der Waals surface area (Å²) in [4.78, 5) is 15.8. The fourth-order valence-electron chi connectivity index (χ4n) is 3.28. The molecule has 0 saturated carbocycles. The predicted octanol–water partition coefficient (Wildman–Crippen LogP) is 2.01. The molecule has 0 radical (unpaired) electrons. The van der Waals surface area contributed by atoms with Gasteiger partial charge < -0.3 is 10.1 Å². The summed E-state index contributed by atoms with van der Waals surface area (Å²) >= 11 is 1.71. The van der Waals surface area contributed by atoms with Crippen molar-refractivity contribution in [1.82, 2.24) is 14.5 Å². The summed E-state index contributed by atoms with van der Waals surface area (Å²) in [6.07, 6.45) is 0.767. The van der Waals surface area contributed by atoms with Crippen LogP contribution in [0.4, 0.5) is 0 Å². The van der Waals surface area contributed by atoms with Crippen molar-refractivity contribution >= 4 is 27.3 Å². The SMILES string of the molecule is CNC(=O)c1cc(S(=O)(=O)N2CCCN(Cc3cccs3)CC2)ccc1OC. The summed E-state index contributed by atoms with van der Waals surface area (Å²) in [7, 11) is -0.735. The van der Waals surface area contributed by atoms with Crippen LogP contribution in [0.25, 0.3) is 0 Å². The Morgan fingerprint density at radius 2 is 2.04 bits per heavy atom. The fourth-order valence-corrected chi connectivity index (χ4v) is 5.52. The highest BCUT2D eigenvalue weighted by molar-refractivity contribution is 7.89. The number of nitrogens with one attached hydrogen (secondary N) is 1. The van der Waals surface area contributed by atoms with Crippen LogP contribution in [0, 0.1) is 0 Å². The largest absolute Gasteiger partial charge is 0.496 e. The molecule has 2 aromatic rings. The average molecular weight is 424 g/mol. The molecule has 3 rings (SSSR count). The third-order valence-electron chi connectivity index (χ3n) is 4.79. The highest BCUT2D eigenvalue weighted by Crippen LogP contribution is 2.25. The van der Waals surface area contributed by atoms with E-state index in [0.717, 1.165) is 19.5 Å². The molecular weight excluding hydrogens is 398 g/mol. The van der Waals surface area contributed by atoms with Crippen LogP contribution in [0.2, 0.25) is 0 Å². The number of thiophene rings is 1. The number of hydrogen-bond acceptors (Lipinski definition) is 6. The smallest absolute Gasteiger partial charge is 0.254 e. The zero-order chi connectivity index (χ0) is 20.1. The Bertz CT molecular complexity index is 913. The predicted molar refractivity (Wildman–Crippen MR) is 109 cm³/mol. The highest BCUT2D eigenvalue weighted by Gasteiger charge is 2.28. The van der Waals surface area contributed by atoms with Crippen LogP contribution < -0.4 is 10.1 Å². The van der Waals surface area contributed by atoms with Gasteiger partial charge in [-0.05, 0) is 42.6 Å². The van der Waals surface area contributed by atoms with Gasteiger partial charge in [-0.15, -0.1) is 11.3 Å². The molecule has 0 unspecified atom stereocenters. The van der Waals surface area contributed by atoms with Gasteiger partial charge in [-0.1, -0.05) is 6.07 Å². The molecule has 1 aromatic heterocycles. The molecule has 0 aliphatic carbocycles. The van der Waals surface area contributed by atoms with Gasteiger partial charge in [-0.2, -0.15) is 4.31 Å². The van der Waals surface area contributed by atoms with Gasteiger partial charge >= 0.3 is 0 Å². The van der Waals surface area contributed by atoms with Crippen LogP contribution in [0.1, 0.15) is 21.7 Å². The number of carbonyl (C=O) groups is 1. The maximum Gasteiger partial charge on any atom is 0.254 e. The summed E-state index contributed by atoms with van der Waals surface area (Å²) in [5.41, 5.74) is 0.209. The lowest BCUT2D eigenvalue weighted by molar-refractivity contribution is 0.0960. The van der Waals surface area contributed by atoms with Crippen LogP contribution in [0.3, 0.4) is 0 Å². The summed E-state index contributed by atoms with van der Waals surface area (Å²) in [6, 6.07) is 8.54. The first-order valence-corrected chi connectivity index (χ1v) is 11.4. The standard InChI is InChI=1S/C19H25N3O4S2/c1-20-19(23)17-13-16(6-7-18(17)26-2)28(24,25)22-9-4-8-21(10-11-22)14-15-5-3-12-27-15/h3,5-7,12-13H,4,8-11,14H2,1-2H3,(H,20,23). The zero-order valence-electron chi connectivity index (χ0n) is 16.1. The Hall–Kier alpha value is -1.94. The number of rotatable bonds is 6.